The summed E-state index contributed by atoms with van der Waals surface area (Å²) in [5, 5.41) is 3.37. The molecule has 0 atom stereocenters. The van der Waals surface area contributed by atoms with Gasteiger partial charge in [0.1, 0.15) is 5.75 Å². The molecule has 1 aliphatic heterocycles. The summed E-state index contributed by atoms with van der Waals surface area (Å²) in [5.74, 6) is 1.03. The molecule has 0 bridgehead atoms. The zero-order valence-corrected chi connectivity index (χ0v) is 11.1. The molecular weight excluding hydrogens is 236 g/mol. The molecule has 1 aromatic carbocycles. The highest BCUT2D eigenvalue weighted by atomic mass is 35.5. The Morgan fingerprint density at radius 3 is 2.65 bits per heavy atom. The lowest BCUT2D eigenvalue weighted by atomic mass is 10.2. The molecule has 1 heterocycles. The van der Waals surface area contributed by atoms with Crippen molar-refractivity contribution in [2.24, 2.45) is 0 Å². The van der Waals surface area contributed by atoms with E-state index in [0.29, 0.717) is 0 Å². The molecular formula is C13H21ClN2O. The van der Waals surface area contributed by atoms with Crippen LogP contribution in [0.5, 0.6) is 5.75 Å². The highest BCUT2D eigenvalue weighted by molar-refractivity contribution is 5.85. The fourth-order valence-electron chi connectivity index (χ4n) is 2.04. The number of hydrogen-bond donors (Lipinski definition) is 1. The van der Waals surface area contributed by atoms with Crippen LogP contribution in [0.2, 0.25) is 0 Å². The zero-order chi connectivity index (χ0) is 11.2. The van der Waals surface area contributed by atoms with Crippen molar-refractivity contribution in [3.8, 4) is 5.75 Å². The van der Waals surface area contributed by atoms with Crippen LogP contribution >= 0.6 is 12.4 Å². The number of halogens is 1. The van der Waals surface area contributed by atoms with Gasteiger partial charge in [-0.25, -0.2) is 0 Å². The lowest BCUT2D eigenvalue weighted by Gasteiger charge is -2.27. The van der Waals surface area contributed by atoms with Crippen molar-refractivity contribution in [2.75, 3.05) is 32.8 Å². The maximum atomic E-state index is 5.64. The molecule has 0 amide bonds. The number of piperazine rings is 1. The van der Waals surface area contributed by atoms with Gasteiger partial charge >= 0.3 is 0 Å². The van der Waals surface area contributed by atoms with Crippen molar-refractivity contribution in [1.29, 1.82) is 0 Å². The maximum absolute atomic E-state index is 5.64. The third-order valence-corrected chi connectivity index (χ3v) is 2.88. The van der Waals surface area contributed by atoms with Crippen LogP contribution in [-0.2, 0) is 6.54 Å². The van der Waals surface area contributed by atoms with E-state index < -0.39 is 0 Å². The van der Waals surface area contributed by atoms with Crippen LogP contribution in [0.4, 0.5) is 0 Å². The average Bonchev–Trinajstić information content (AvgIpc) is 2.33. The highest BCUT2D eigenvalue weighted by Crippen LogP contribution is 2.19. The van der Waals surface area contributed by atoms with Crippen LogP contribution in [0.15, 0.2) is 24.3 Å². The molecule has 0 radical (unpaired) electrons. The Balaban J connectivity index is 0.00000144. The fourth-order valence-corrected chi connectivity index (χ4v) is 2.04. The normalized spacial score (nSPS) is 16.3. The van der Waals surface area contributed by atoms with Gasteiger partial charge in [0.25, 0.3) is 0 Å². The van der Waals surface area contributed by atoms with Crippen LogP contribution in [0.25, 0.3) is 0 Å². The minimum Gasteiger partial charge on any atom is -0.494 e. The molecule has 1 aromatic rings. The number of nitrogens with one attached hydrogen (secondary N) is 1. The Hall–Kier alpha value is -0.770. The van der Waals surface area contributed by atoms with Gasteiger partial charge in [-0.1, -0.05) is 18.2 Å². The average molecular weight is 257 g/mol. The Morgan fingerprint density at radius 1 is 1.24 bits per heavy atom. The molecule has 96 valence electrons. The first kappa shape index (κ1) is 14.3. The summed E-state index contributed by atoms with van der Waals surface area (Å²) in [4.78, 5) is 2.47. The van der Waals surface area contributed by atoms with Gasteiger partial charge in [0.05, 0.1) is 6.61 Å². The van der Waals surface area contributed by atoms with Crippen molar-refractivity contribution in [3.05, 3.63) is 29.8 Å². The lowest BCUT2D eigenvalue weighted by Crippen LogP contribution is -2.42. The van der Waals surface area contributed by atoms with Crippen LogP contribution in [0, 0.1) is 0 Å². The molecule has 4 heteroatoms. The van der Waals surface area contributed by atoms with Crippen molar-refractivity contribution in [1.82, 2.24) is 10.2 Å². The summed E-state index contributed by atoms with van der Waals surface area (Å²) in [6, 6.07) is 8.33. The first-order chi connectivity index (χ1) is 7.90. The number of para-hydroxylation sites is 1. The minimum absolute atomic E-state index is 0. The van der Waals surface area contributed by atoms with Crippen LogP contribution in [-0.4, -0.2) is 37.7 Å². The van der Waals surface area contributed by atoms with E-state index in [2.05, 4.69) is 28.4 Å². The second-order valence-electron chi connectivity index (χ2n) is 4.07. The van der Waals surface area contributed by atoms with E-state index in [4.69, 9.17) is 4.74 Å². The van der Waals surface area contributed by atoms with Gasteiger partial charge in [-0.2, -0.15) is 0 Å². The van der Waals surface area contributed by atoms with E-state index in [0.717, 1.165) is 45.1 Å². The number of hydrogen-bond acceptors (Lipinski definition) is 3. The van der Waals surface area contributed by atoms with Crippen molar-refractivity contribution in [3.63, 3.8) is 0 Å². The van der Waals surface area contributed by atoms with E-state index in [1.54, 1.807) is 0 Å². The van der Waals surface area contributed by atoms with Crippen molar-refractivity contribution >= 4 is 12.4 Å². The third kappa shape index (κ3) is 4.19. The minimum atomic E-state index is 0. The van der Waals surface area contributed by atoms with Gasteiger partial charge in [-0.05, 0) is 13.0 Å². The van der Waals surface area contributed by atoms with Crippen LogP contribution < -0.4 is 10.1 Å². The largest absolute Gasteiger partial charge is 0.494 e. The first-order valence-electron chi connectivity index (χ1n) is 6.04. The molecule has 3 nitrogen and oxygen atoms in total. The van der Waals surface area contributed by atoms with Gasteiger partial charge in [-0.15, -0.1) is 12.4 Å². The SMILES string of the molecule is CCOc1ccccc1CN1CCNCC1.Cl. The molecule has 1 aliphatic rings. The molecule has 17 heavy (non-hydrogen) atoms. The molecule has 0 unspecified atom stereocenters. The monoisotopic (exact) mass is 256 g/mol. The maximum Gasteiger partial charge on any atom is 0.123 e. The fraction of sp³-hybridized carbons (Fsp3) is 0.538. The molecule has 1 N–H and O–H groups in total. The van der Waals surface area contributed by atoms with E-state index in [-0.39, 0.29) is 12.4 Å². The topological polar surface area (TPSA) is 24.5 Å². The Bertz CT molecular complexity index is 327. The Kier molecular flexibility index (Phi) is 6.34. The predicted molar refractivity (Wildman–Crippen MR) is 73.0 cm³/mol. The number of benzene rings is 1. The first-order valence-corrected chi connectivity index (χ1v) is 6.04. The molecule has 0 saturated carbocycles. The summed E-state index contributed by atoms with van der Waals surface area (Å²) in [5.41, 5.74) is 1.30. The van der Waals surface area contributed by atoms with E-state index in [9.17, 15) is 0 Å². The Morgan fingerprint density at radius 2 is 1.94 bits per heavy atom. The van der Waals surface area contributed by atoms with Crippen LogP contribution in [0.1, 0.15) is 12.5 Å². The van der Waals surface area contributed by atoms with Gasteiger partial charge in [0.15, 0.2) is 0 Å². The van der Waals surface area contributed by atoms with E-state index in [1.807, 2.05) is 13.0 Å². The zero-order valence-electron chi connectivity index (χ0n) is 10.3. The quantitative estimate of drug-likeness (QED) is 0.891. The molecule has 0 spiro atoms. The lowest BCUT2D eigenvalue weighted by molar-refractivity contribution is 0.228. The van der Waals surface area contributed by atoms with Gasteiger partial charge in [0.2, 0.25) is 0 Å². The number of ether oxygens (including phenoxy) is 1. The third-order valence-electron chi connectivity index (χ3n) is 2.88. The van der Waals surface area contributed by atoms with Crippen molar-refractivity contribution < 1.29 is 4.74 Å². The smallest absolute Gasteiger partial charge is 0.123 e. The van der Waals surface area contributed by atoms with Gasteiger partial charge < -0.3 is 10.1 Å². The second-order valence-corrected chi connectivity index (χ2v) is 4.07. The summed E-state index contributed by atoms with van der Waals surface area (Å²) in [7, 11) is 0. The molecule has 0 aliphatic carbocycles. The standard InChI is InChI=1S/C13H20N2O.ClH/c1-2-16-13-6-4-3-5-12(13)11-15-9-7-14-8-10-15;/h3-6,14H,2,7-11H2,1H3;1H. The number of nitrogens with zero attached hydrogens (tertiary/aromatic N) is 1. The predicted octanol–water partition coefficient (Wildman–Crippen LogP) is 1.91. The molecule has 1 fully saturated rings. The summed E-state index contributed by atoms with van der Waals surface area (Å²) in [6.45, 7) is 8.20. The molecule has 2 rings (SSSR count). The number of rotatable bonds is 4. The van der Waals surface area contributed by atoms with Gasteiger partial charge in [-0.3, -0.25) is 4.90 Å². The van der Waals surface area contributed by atoms with Crippen molar-refractivity contribution in [2.45, 2.75) is 13.5 Å². The van der Waals surface area contributed by atoms with E-state index >= 15 is 0 Å². The molecule has 1 saturated heterocycles. The van der Waals surface area contributed by atoms with E-state index in [1.165, 1.54) is 5.56 Å². The Labute approximate surface area is 110 Å². The summed E-state index contributed by atoms with van der Waals surface area (Å²) < 4.78 is 5.64. The second kappa shape index (κ2) is 7.54. The summed E-state index contributed by atoms with van der Waals surface area (Å²) in [6.07, 6.45) is 0. The highest BCUT2D eigenvalue weighted by Gasteiger charge is 2.12. The van der Waals surface area contributed by atoms with Crippen LogP contribution in [0.3, 0.4) is 0 Å². The molecule has 0 aromatic heterocycles. The van der Waals surface area contributed by atoms with Gasteiger partial charge in [0, 0.05) is 38.3 Å². The summed E-state index contributed by atoms with van der Waals surface area (Å²) >= 11 is 0.